The molecule has 0 radical (unpaired) electrons. The molecule has 0 aromatic heterocycles. The van der Waals surface area contributed by atoms with Gasteiger partial charge in [-0.2, -0.15) is 0 Å². The van der Waals surface area contributed by atoms with E-state index in [1.165, 1.54) is 0 Å². The van der Waals surface area contributed by atoms with Gasteiger partial charge >= 0.3 is 0 Å². The summed E-state index contributed by atoms with van der Waals surface area (Å²) in [7, 11) is 0. The van der Waals surface area contributed by atoms with Crippen molar-refractivity contribution in [2.75, 3.05) is 13.1 Å². The first-order valence-electron chi connectivity index (χ1n) is 9.55. The molecule has 1 aliphatic carbocycles. The van der Waals surface area contributed by atoms with Gasteiger partial charge in [-0.25, -0.2) is 4.99 Å². The molecule has 1 unspecified atom stereocenters. The number of amides is 1. The molecule has 1 atom stereocenters. The number of nitrogens with one attached hydrogen (secondary N) is 2. The Bertz CT molecular complexity index is 1080. The lowest BCUT2D eigenvalue weighted by Crippen LogP contribution is -2.34. The van der Waals surface area contributed by atoms with E-state index in [0.29, 0.717) is 30.6 Å². The lowest BCUT2D eigenvalue weighted by atomic mass is 9.90. The number of carbonyl (C=O) groups excluding carboxylic acids is 3. The number of benzene rings is 2. The first kappa shape index (κ1) is 19.4. The molecule has 8 nitrogen and oxygen atoms in total. The average molecular weight is 404 g/mol. The molecule has 4 N–H and O–H groups in total. The third-order valence-electron chi connectivity index (χ3n) is 4.85. The molecule has 0 spiro atoms. The Balaban J connectivity index is 1.32. The number of ketones is 2. The molecule has 8 heteroatoms. The van der Waals surface area contributed by atoms with Crippen molar-refractivity contribution in [1.82, 2.24) is 10.6 Å². The molecular formula is C22H20N4O4. The van der Waals surface area contributed by atoms with Crippen molar-refractivity contribution in [2.24, 2.45) is 10.7 Å². The number of fused-ring (bicyclic) bond motifs is 1. The van der Waals surface area contributed by atoms with E-state index in [9.17, 15) is 14.4 Å². The van der Waals surface area contributed by atoms with E-state index < -0.39 is 6.10 Å². The van der Waals surface area contributed by atoms with Crippen molar-refractivity contribution in [3.8, 4) is 0 Å². The number of aliphatic imine (C=N–C) groups is 1. The number of rotatable bonds is 6. The van der Waals surface area contributed by atoms with Crippen molar-refractivity contribution < 1.29 is 19.1 Å². The van der Waals surface area contributed by atoms with Crippen molar-refractivity contribution in [3.63, 3.8) is 0 Å². The average Bonchev–Trinajstić information content (AvgIpc) is 3.15. The highest BCUT2D eigenvalue weighted by molar-refractivity contribution is 6.26. The molecule has 152 valence electrons. The van der Waals surface area contributed by atoms with Gasteiger partial charge in [0, 0.05) is 29.8 Å². The summed E-state index contributed by atoms with van der Waals surface area (Å²) in [6.07, 6.45) is -0.169. The van der Waals surface area contributed by atoms with Gasteiger partial charge in [0.15, 0.2) is 0 Å². The Morgan fingerprint density at radius 2 is 1.63 bits per heavy atom. The summed E-state index contributed by atoms with van der Waals surface area (Å²) < 4.78 is 5.58. The molecule has 30 heavy (non-hydrogen) atoms. The van der Waals surface area contributed by atoms with Crippen LogP contribution in [0, 0.1) is 0 Å². The van der Waals surface area contributed by atoms with Crippen molar-refractivity contribution >= 4 is 23.5 Å². The molecule has 2 aromatic rings. The number of carbonyl (C=O) groups is 3. The standard InChI is InChI=1S/C22H20N4O4/c23-16-17(19(28)15-10-5-4-9-14(15)18(16)27)24-11-6-12-25-22-26-21(29)20(30-22)13-7-2-1-3-8-13/h1-5,7-10,20,24H,6,11-12,23H2,(H,25,26,29). The maximum atomic E-state index is 12.6. The zero-order valence-corrected chi connectivity index (χ0v) is 16.1. The SMILES string of the molecule is NC1=C(NCCCN=C2NC(=O)C(c3ccccc3)O2)C(=O)c2ccccc2C1=O. The fraction of sp³-hybridized carbons (Fsp3) is 0.182. The van der Waals surface area contributed by atoms with Crippen LogP contribution in [0.1, 0.15) is 38.8 Å². The number of ether oxygens (including phenoxy) is 1. The van der Waals surface area contributed by atoms with E-state index in [-0.39, 0.29) is 34.9 Å². The quantitative estimate of drug-likeness (QED) is 0.627. The summed E-state index contributed by atoms with van der Waals surface area (Å²) in [5, 5.41) is 5.56. The third kappa shape index (κ3) is 3.67. The molecule has 1 fully saturated rings. The maximum absolute atomic E-state index is 12.6. The van der Waals surface area contributed by atoms with Gasteiger partial charge in [-0.15, -0.1) is 0 Å². The molecule has 1 aliphatic heterocycles. The van der Waals surface area contributed by atoms with Gasteiger partial charge in [-0.1, -0.05) is 54.6 Å². The minimum Gasteiger partial charge on any atom is -0.447 e. The van der Waals surface area contributed by atoms with Gasteiger partial charge in [0.1, 0.15) is 11.4 Å². The van der Waals surface area contributed by atoms with Gasteiger partial charge in [0.05, 0.1) is 0 Å². The Kier molecular flexibility index (Phi) is 5.30. The smallest absolute Gasteiger partial charge is 0.292 e. The van der Waals surface area contributed by atoms with Crippen molar-refractivity contribution in [1.29, 1.82) is 0 Å². The topological polar surface area (TPSA) is 123 Å². The Hall–Kier alpha value is -3.94. The molecule has 4 rings (SSSR count). The molecule has 0 bridgehead atoms. The van der Waals surface area contributed by atoms with E-state index in [0.717, 1.165) is 5.56 Å². The lowest BCUT2D eigenvalue weighted by Gasteiger charge is -2.19. The van der Waals surface area contributed by atoms with Gasteiger partial charge in [-0.3, -0.25) is 19.7 Å². The molecule has 1 heterocycles. The summed E-state index contributed by atoms with van der Waals surface area (Å²) in [5.41, 5.74) is 7.32. The van der Waals surface area contributed by atoms with Crippen LogP contribution < -0.4 is 16.4 Å². The van der Waals surface area contributed by atoms with E-state index in [1.807, 2.05) is 30.3 Å². The van der Waals surface area contributed by atoms with Gasteiger partial charge in [0.2, 0.25) is 17.7 Å². The van der Waals surface area contributed by atoms with Gasteiger partial charge in [-0.05, 0) is 6.42 Å². The minimum atomic E-state index is -0.709. The number of hydrogen-bond acceptors (Lipinski definition) is 7. The van der Waals surface area contributed by atoms with Crippen LogP contribution in [0.2, 0.25) is 0 Å². The van der Waals surface area contributed by atoms with E-state index in [2.05, 4.69) is 15.6 Å². The predicted octanol–water partition coefficient (Wildman–Crippen LogP) is 1.46. The second-order valence-corrected chi connectivity index (χ2v) is 6.86. The van der Waals surface area contributed by atoms with Gasteiger partial charge in [0.25, 0.3) is 11.9 Å². The van der Waals surface area contributed by atoms with Crippen LogP contribution in [0.25, 0.3) is 0 Å². The third-order valence-corrected chi connectivity index (χ3v) is 4.85. The normalized spacial score (nSPS) is 19.5. The zero-order chi connectivity index (χ0) is 21.1. The maximum Gasteiger partial charge on any atom is 0.292 e. The van der Waals surface area contributed by atoms with Crippen molar-refractivity contribution in [3.05, 3.63) is 82.7 Å². The van der Waals surface area contributed by atoms with E-state index >= 15 is 0 Å². The van der Waals surface area contributed by atoms with E-state index in [1.54, 1.807) is 24.3 Å². The number of nitrogens with two attached hydrogens (primary N) is 1. The highest BCUT2D eigenvalue weighted by atomic mass is 16.5. The van der Waals surface area contributed by atoms with Crippen LogP contribution in [-0.4, -0.2) is 36.6 Å². The predicted molar refractivity (Wildman–Crippen MR) is 110 cm³/mol. The molecule has 1 amide bonds. The fourth-order valence-corrected chi connectivity index (χ4v) is 3.33. The van der Waals surface area contributed by atoms with Crippen LogP contribution in [0.5, 0.6) is 0 Å². The Labute approximate surface area is 172 Å². The first-order chi connectivity index (χ1) is 14.6. The molecule has 1 saturated heterocycles. The van der Waals surface area contributed by atoms with Crippen LogP contribution in [0.3, 0.4) is 0 Å². The number of hydrogen-bond donors (Lipinski definition) is 3. The van der Waals surface area contributed by atoms with Gasteiger partial charge < -0.3 is 15.8 Å². The Morgan fingerprint density at radius 3 is 2.37 bits per heavy atom. The summed E-state index contributed by atoms with van der Waals surface area (Å²) in [5.74, 6) is -0.922. The molecule has 0 saturated carbocycles. The largest absolute Gasteiger partial charge is 0.447 e. The monoisotopic (exact) mass is 404 g/mol. The Morgan fingerprint density at radius 1 is 0.967 bits per heavy atom. The first-order valence-corrected chi connectivity index (χ1v) is 9.55. The number of nitrogens with zero attached hydrogens (tertiary/aromatic N) is 1. The highest BCUT2D eigenvalue weighted by Crippen LogP contribution is 2.23. The summed E-state index contributed by atoms with van der Waals surface area (Å²) in [6.45, 7) is 0.736. The number of amidine groups is 1. The number of allylic oxidation sites excluding steroid dienone is 2. The van der Waals surface area contributed by atoms with Crippen LogP contribution in [0.15, 0.2) is 71.0 Å². The number of Topliss-reactive ketones (excluding diaryl/α,β-unsaturated/α-hetero) is 2. The second-order valence-electron chi connectivity index (χ2n) is 6.86. The van der Waals surface area contributed by atoms with Crippen LogP contribution in [0.4, 0.5) is 0 Å². The molecule has 2 aromatic carbocycles. The fourth-order valence-electron chi connectivity index (χ4n) is 3.33. The second kappa shape index (κ2) is 8.20. The molecular weight excluding hydrogens is 384 g/mol. The van der Waals surface area contributed by atoms with Crippen LogP contribution >= 0.6 is 0 Å². The van der Waals surface area contributed by atoms with Crippen LogP contribution in [-0.2, 0) is 9.53 Å². The minimum absolute atomic E-state index is 0.0814. The lowest BCUT2D eigenvalue weighted by molar-refractivity contribution is -0.123. The van der Waals surface area contributed by atoms with Crippen molar-refractivity contribution in [2.45, 2.75) is 12.5 Å². The summed E-state index contributed by atoms with van der Waals surface area (Å²) >= 11 is 0. The summed E-state index contributed by atoms with van der Waals surface area (Å²) in [6, 6.07) is 15.9. The highest BCUT2D eigenvalue weighted by Gasteiger charge is 2.32. The molecule has 2 aliphatic rings. The van der Waals surface area contributed by atoms with E-state index in [4.69, 9.17) is 10.5 Å². The zero-order valence-electron chi connectivity index (χ0n) is 16.1. The summed E-state index contributed by atoms with van der Waals surface area (Å²) in [4.78, 5) is 41.3.